The summed E-state index contributed by atoms with van der Waals surface area (Å²) >= 11 is 0. The van der Waals surface area contributed by atoms with Gasteiger partial charge in [0.15, 0.2) is 11.5 Å². The number of oxime groups is 1. The van der Waals surface area contributed by atoms with Gasteiger partial charge in [0.25, 0.3) is 5.69 Å². The lowest BCUT2D eigenvalue weighted by molar-refractivity contribution is -0.385. The summed E-state index contributed by atoms with van der Waals surface area (Å²) in [5, 5.41) is 22.3. The molecular formula is C13H12N4O4. The molecule has 0 saturated heterocycles. The number of ether oxygens (including phenoxy) is 1. The van der Waals surface area contributed by atoms with Crippen molar-refractivity contribution in [3.05, 3.63) is 57.8 Å². The molecule has 0 atom stereocenters. The Labute approximate surface area is 119 Å². The van der Waals surface area contributed by atoms with Gasteiger partial charge in [-0.15, -0.1) is 0 Å². The van der Waals surface area contributed by atoms with Gasteiger partial charge in [-0.2, -0.15) is 0 Å². The number of benzene rings is 1. The van der Waals surface area contributed by atoms with Crippen LogP contribution in [0.4, 0.5) is 5.69 Å². The summed E-state index contributed by atoms with van der Waals surface area (Å²) in [6, 6.07) is 9.77. The van der Waals surface area contributed by atoms with Gasteiger partial charge in [-0.3, -0.25) is 10.1 Å². The molecule has 0 unspecified atom stereocenters. The maximum absolute atomic E-state index is 10.9. The zero-order valence-corrected chi connectivity index (χ0v) is 11.1. The van der Waals surface area contributed by atoms with Gasteiger partial charge < -0.3 is 15.7 Å². The molecule has 0 radical (unpaired) electrons. The van der Waals surface area contributed by atoms with Crippen molar-refractivity contribution >= 4 is 11.5 Å². The SMILES string of the molecule is Cc1ccccc1Oc1ccc([N+](=O)[O-])c(/C(N)=N/O)n1. The molecule has 0 aliphatic carbocycles. The average Bonchev–Trinajstić information content (AvgIpc) is 2.48. The normalized spacial score (nSPS) is 11.2. The molecule has 1 aromatic heterocycles. The molecule has 0 spiro atoms. The van der Waals surface area contributed by atoms with E-state index in [2.05, 4.69) is 10.1 Å². The van der Waals surface area contributed by atoms with Crippen LogP contribution in [0.5, 0.6) is 11.6 Å². The molecule has 0 aliphatic heterocycles. The summed E-state index contributed by atoms with van der Waals surface area (Å²) < 4.78 is 5.55. The number of para-hydroxylation sites is 1. The second-order valence-electron chi connectivity index (χ2n) is 4.13. The molecule has 0 saturated carbocycles. The molecule has 8 heteroatoms. The highest BCUT2D eigenvalue weighted by atomic mass is 16.6. The predicted molar refractivity (Wildman–Crippen MR) is 74.7 cm³/mol. The van der Waals surface area contributed by atoms with Crippen LogP contribution < -0.4 is 10.5 Å². The third-order valence-corrected chi connectivity index (χ3v) is 2.70. The van der Waals surface area contributed by atoms with E-state index in [4.69, 9.17) is 15.7 Å². The largest absolute Gasteiger partial charge is 0.439 e. The zero-order chi connectivity index (χ0) is 15.4. The highest BCUT2D eigenvalue weighted by Crippen LogP contribution is 2.26. The molecule has 2 aromatic rings. The first-order valence-electron chi connectivity index (χ1n) is 5.89. The van der Waals surface area contributed by atoms with Crippen molar-refractivity contribution in [1.82, 2.24) is 4.98 Å². The molecule has 8 nitrogen and oxygen atoms in total. The lowest BCUT2D eigenvalue weighted by Crippen LogP contribution is -2.17. The fourth-order valence-electron chi connectivity index (χ4n) is 1.66. The summed E-state index contributed by atoms with van der Waals surface area (Å²) in [5.74, 6) is 0.206. The van der Waals surface area contributed by atoms with Crippen molar-refractivity contribution < 1.29 is 14.9 Å². The van der Waals surface area contributed by atoms with Crippen molar-refractivity contribution in [2.75, 3.05) is 0 Å². The van der Waals surface area contributed by atoms with E-state index >= 15 is 0 Å². The van der Waals surface area contributed by atoms with Crippen LogP contribution in [0.3, 0.4) is 0 Å². The van der Waals surface area contributed by atoms with Gasteiger partial charge in [-0.1, -0.05) is 23.4 Å². The summed E-state index contributed by atoms with van der Waals surface area (Å²) in [6.07, 6.45) is 0. The number of nitro groups is 1. The predicted octanol–water partition coefficient (Wildman–Crippen LogP) is 2.19. The third-order valence-electron chi connectivity index (χ3n) is 2.70. The van der Waals surface area contributed by atoms with Crippen LogP contribution >= 0.6 is 0 Å². The van der Waals surface area contributed by atoms with Crippen molar-refractivity contribution in [2.45, 2.75) is 6.92 Å². The third kappa shape index (κ3) is 3.06. The number of nitrogens with zero attached hydrogens (tertiary/aromatic N) is 3. The number of amidine groups is 1. The van der Waals surface area contributed by atoms with Crippen molar-refractivity contribution in [2.24, 2.45) is 10.9 Å². The summed E-state index contributed by atoms with van der Waals surface area (Å²) in [5.41, 5.74) is 5.65. The summed E-state index contributed by atoms with van der Waals surface area (Å²) in [6.45, 7) is 1.85. The number of aryl methyl sites for hydroxylation is 1. The molecule has 0 amide bonds. The van der Waals surface area contributed by atoms with E-state index in [1.165, 1.54) is 12.1 Å². The number of rotatable bonds is 4. The van der Waals surface area contributed by atoms with Gasteiger partial charge in [0, 0.05) is 12.1 Å². The minimum atomic E-state index is -0.669. The first-order valence-corrected chi connectivity index (χ1v) is 5.89. The number of aromatic nitrogens is 1. The summed E-state index contributed by atoms with van der Waals surface area (Å²) in [7, 11) is 0. The van der Waals surface area contributed by atoms with Gasteiger partial charge in [0.1, 0.15) is 5.75 Å². The van der Waals surface area contributed by atoms with Crippen LogP contribution in [0.2, 0.25) is 0 Å². The molecule has 108 valence electrons. The number of hydrogen-bond acceptors (Lipinski definition) is 6. The molecule has 0 bridgehead atoms. The fraction of sp³-hybridized carbons (Fsp3) is 0.0769. The fourth-order valence-corrected chi connectivity index (χ4v) is 1.66. The van der Waals surface area contributed by atoms with E-state index in [9.17, 15) is 10.1 Å². The molecule has 1 aromatic carbocycles. The Morgan fingerprint density at radius 2 is 2.10 bits per heavy atom. The minimum absolute atomic E-state index is 0.108. The first-order chi connectivity index (χ1) is 10.0. The maximum atomic E-state index is 10.9. The van der Waals surface area contributed by atoms with E-state index in [0.717, 1.165) is 5.56 Å². The number of hydrogen-bond donors (Lipinski definition) is 2. The van der Waals surface area contributed by atoms with Gasteiger partial charge in [-0.25, -0.2) is 4.98 Å². The van der Waals surface area contributed by atoms with Crippen LogP contribution in [0.25, 0.3) is 0 Å². The lowest BCUT2D eigenvalue weighted by Gasteiger charge is -2.08. The van der Waals surface area contributed by atoms with E-state index < -0.39 is 10.8 Å². The topological polar surface area (TPSA) is 124 Å². The van der Waals surface area contributed by atoms with Crippen LogP contribution in [-0.2, 0) is 0 Å². The Morgan fingerprint density at radius 3 is 2.71 bits per heavy atom. The van der Waals surface area contributed by atoms with Gasteiger partial charge >= 0.3 is 0 Å². The summed E-state index contributed by atoms with van der Waals surface area (Å²) in [4.78, 5) is 14.2. The Bertz CT molecular complexity index is 715. The van der Waals surface area contributed by atoms with Crippen molar-refractivity contribution in [3.8, 4) is 11.6 Å². The molecular weight excluding hydrogens is 276 g/mol. The van der Waals surface area contributed by atoms with Gasteiger partial charge in [0.2, 0.25) is 5.88 Å². The first kappa shape index (κ1) is 14.3. The van der Waals surface area contributed by atoms with Crippen LogP contribution in [0.1, 0.15) is 11.3 Å². The quantitative estimate of drug-likeness (QED) is 0.292. The Kier molecular flexibility index (Phi) is 3.98. The van der Waals surface area contributed by atoms with Crippen LogP contribution in [-0.4, -0.2) is 21.0 Å². The second kappa shape index (κ2) is 5.87. The number of pyridine rings is 1. The van der Waals surface area contributed by atoms with Crippen molar-refractivity contribution in [3.63, 3.8) is 0 Å². The van der Waals surface area contributed by atoms with Crippen LogP contribution in [0.15, 0.2) is 41.6 Å². The number of nitrogens with two attached hydrogens (primary N) is 1. The smallest absolute Gasteiger partial charge is 0.299 e. The zero-order valence-electron chi connectivity index (χ0n) is 11.1. The monoisotopic (exact) mass is 288 g/mol. The van der Waals surface area contributed by atoms with E-state index in [0.29, 0.717) is 5.75 Å². The molecule has 0 fully saturated rings. The van der Waals surface area contributed by atoms with Crippen molar-refractivity contribution in [1.29, 1.82) is 0 Å². The Balaban J connectivity index is 2.43. The van der Waals surface area contributed by atoms with E-state index in [1.54, 1.807) is 12.1 Å². The maximum Gasteiger partial charge on any atom is 0.299 e. The molecule has 1 heterocycles. The van der Waals surface area contributed by atoms with Crippen LogP contribution in [0, 0.1) is 17.0 Å². The highest BCUT2D eigenvalue weighted by Gasteiger charge is 2.20. The van der Waals surface area contributed by atoms with E-state index in [1.807, 2.05) is 19.1 Å². The Morgan fingerprint density at radius 1 is 1.38 bits per heavy atom. The highest BCUT2D eigenvalue weighted by molar-refractivity contribution is 5.98. The second-order valence-corrected chi connectivity index (χ2v) is 4.13. The molecule has 3 N–H and O–H groups in total. The molecule has 0 aliphatic rings. The molecule has 21 heavy (non-hydrogen) atoms. The molecule has 2 rings (SSSR count). The Hall–Kier alpha value is -3.16. The van der Waals surface area contributed by atoms with Gasteiger partial charge in [0.05, 0.1) is 4.92 Å². The lowest BCUT2D eigenvalue weighted by atomic mass is 10.2. The standard InChI is InChI=1S/C13H12N4O4/c1-8-4-2-3-5-10(8)21-11-7-6-9(17(19)20)12(15-11)13(14)16-18/h2-7,18H,1H3,(H2,14,16). The average molecular weight is 288 g/mol. The van der Waals surface area contributed by atoms with Gasteiger partial charge in [-0.05, 0) is 18.6 Å². The minimum Gasteiger partial charge on any atom is -0.439 e. The van der Waals surface area contributed by atoms with E-state index in [-0.39, 0.29) is 17.3 Å².